The van der Waals surface area contributed by atoms with E-state index in [9.17, 15) is 4.79 Å². The highest BCUT2D eigenvalue weighted by Crippen LogP contribution is 2.12. The lowest BCUT2D eigenvalue weighted by Gasteiger charge is -2.18. The predicted octanol–water partition coefficient (Wildman–Crippen LogP) is 5.32. The molecule has 0 saturated carbocycles. The van der Waals surface area contributed by atoms with Gasteiger partial charge in [-0.05, 0) is 25.5 Å². The standard InChI is InChI=1S/C22H34O4/c1-4-5-6-7-8-10-15-21(18-26-22(23)19(2)3)25-17-16-24-20-13-11-9-12-14-20/h9,11-14,21H,2,4-8,10,15-18H2,1,3H3. The van der Waals surface area contributed by atoms with Crippen LogP contribution in [0.1, 0.15) is 58.8 Å². The molecular weight excluding hydrogens is 328 g/mol. The van der Waals surface area contributed by atoms with E-state index in [1.54, 1.807) is 6.92 Å². The third-order valence-electron chi connectivity index (χ3n) is 4.08. The molecule has 0 bridgehead atoms. The van der Waals surface area contributed by atoms with Crippen molar-refractivity contribution in [3.8, 4) is 5.75 Å². The molecule has 0 radical (unpaired) electrons. The van der Waals surface area contributed by atoms with E-state index in [4.69, 9.17) is 14.2 Å². The zero-order valence-corrected chi connectivity index (χ0v) is 16.4. The van der Waals surface area contributed by atoms with Crippen LogP contribution in [-0.2, 0) is 14.3 Å². The van der Waals surface area contributed by atoms with Crippen LogP contribution in [0.5, 0.6) is 5.75 Å². The Morgan fingerprint density at radius 2 is 1.73 bits per heavy atom. The Kier molecular flexibility index (Phi) is 12.3. The summed E-state index contributed by atoms with van der Waals surface area (Å²) in [5, 5.41) is 0. The molecular formula is C22H34O4. The van der Waals surface area contributed by atoms with Crippen LogP contribution in [0.2, 0.25) is 0 Å². The van der Waals surface area contributed by atoms with Gasteiger partial charge in [0, 0.05) is 5.57 Å². The maximum absolute atomic E-state index is 11.6. The van der Waals surface area contributed by atoms with Gasteiger partial charge in [0.1, 0.15) is 19.0 Å². The Labute approximate surface area is 158 Å². The maximum Gasteiger partial charge on any atom is 0.333 e. The highest BCUT2D eigenvalue weighted by Gasteiger charge is 2.13. The van der Waals surface area contributed by atoms with Crippen LogP contribution >= 0.6 is 0 Å². The van der Waals surface area contributed by atoms with Gasteiger partial charge in [-0.3, -0.25) is 0 Å². The van der Waals surface area contributed by atoms with Crippen LogP contribution in [0.25, 0.3) is 0 Å². The van der Waals surface area contributed by atoms with Crippen molar-refractivity contribution < 1.29 is 19.0 Å². The molecule has 0 amide bonds. The van der Waals surface area contributed by atoms with Gasteiger partial charge in [0.2, 0.25) is 0 Å². The fourth-order valence-electron chi connectivity index (χ4n) is 2.55. The van der Waals surface area contributed by atoms with Gasteiger partial charge in [-0.1, -0.05) is 70.2 Å². The average Bonchev–Trinajstić information content (AvgIpc) is 2.65. The summed E-state index contributed by atoms with van der Waals surface area (Å²) in [5.74, 6) is 0.472. The summed E-state index contributed by atoms with van der Waals surface area (Å²) in [6.45, 7) is 8.70. The summed E-state index contributed by atoms with van der Waals surface area (Å²) in [6, 6.07) is 9.67. The Morgan fingerprint density at radius 1 is 1.04 bits per heavy atom. The highest BCUT2D eigenvalue weighted by molar-refractivity contribution is 5.86. The highest BCUT2D eigenvalue weighted by atomic mass is 16.6. The molecule has 1 aromatic carbocycles. The zero-order valence-electron chi connectivity index (χ0n) is 16.4. The number of hydrogen-bond donors (Lipinski definition) is 0. The molecule has 0 fully saturated rings. The van der Waals surface area contributed by atoms with Crippen LogP contribution in [-0.4, -0.2) is 31.9 Å². The Morgan fingerprint density at radius 3 is 2.42 bits per heavy atom. The minimum Gasteiger partial charge on any atom is -0.491 e. The van der Waals surface area contributed by atoms with Crippen molar-refractivity contribution in [2.24, 2.45) is 0 Å². The molecule has 0 N–H and O–H groups in total. The van der Waals surface area contributed by atoms with Crippen molar-refractivity contribution in [2.75, 3.05) is 19.8 Å². The van der Waals surface area contributed by atoms with Crippen molar-refractivity contribution in [1.82, 2.24) is 0 Å². The third kappa shape index (κ3) is 10.9. The summed E-state index contributed by atoms with van der Waals surface area (Å²) >= 11 is 0. The molecule has 1 rings (SSSR count). The van der Waals surface area contributed by atoms with Gasteiger partial charge in [0.25, 0.3) is 0 Å². The molecule has 0 aliphatic carbocycles. The molecule has 1 unspecified atom stereocenters. The first-order valence-corrected chi connectivity index (χ1v) is 9.75. The third-order valence-corrected chi connectivity index (χ3v) is 4.08. The molecule has 0 heterocycles. The fraction of sp³-hybridized carbons (Fsp3) is 0.591. The first-order chi connectivity index (χ1) is 12.6. The van der Waals surface area contributed by atoms with Gasteiger partial charge < -0.3 is 14.2 Å². The first kappa shape index (κ1) is 22.2. The van der Waals surface area contributed by atoms with Gasteiger partial charge in [-0.2, -0.15) is 0 Å². The minimum atomic E-state index is -0.359. The largest absolute Gasteiger partial charge is 0.491 e. The first-order valence-electron chi connectivity index (χ1n) is 9.75. The topological polar surface area (TPSA) is 44.8 Å². The molecule has 1 aromatic rings. The summed E-state index contributed by atoms with van der Waals surface area (Å²) in [6.07, 6.45) is 8.16. The molecule has 4 heteroatoms. The quantitative estimate of drug-likeness (QED) is 0.241. The number of unbranched alkanes of at least 4 members (excludes halogenated alkanes) is 5. The second-order valence-electron chi connectivity index (χ2n) is 6.59. The summed E-state index contributed by atoms with van der Waals surface area (Å²) in [7, 11) is 0. The maximum atomic E-state index is 11.6. The van der Waals surface area contributed by atoms with E-state index < -0.39 is 0 Å². The van der Waals surface area contributed by atoms with Crippen molar-refractivity contribution in [3.63, 3.8) is 0 Å². The van der Waals surface area contributed by atoms with E-state index in [0.717, 1.165) is 18.6 Å². The number of carbonyl (C=O) groups is 1. The Hall–Kier alpha value is -1.81. The van der Waals surface area contributed by atoms with Gasteiger partial charge in [0.15, 0.2) is 0 Å². The molecule has 1 atom stereocenters. The van der Waals surface area contributed by atoms with E-state index in [2.05, 4.69) is 13.5 Å². The number of para-hydroxylation sites is 1. The SMILES string of the molecule is C=C(C)C(=O)OCC(CCCCCCCC)OCCOc1ccccc1. The van der Waals surface area contributed by atoms with E-state index in [0.29, 0.717) is 18.8 Å². The number of benzene rings is 1. The number of esters is 1. The molecule has 4 nitrogen and oxygen atoms in total. The normalized spacial score (nSPS) is 11.8. The minimum absolute atomic E-state index is 0.0937. The van der Waals surface area contributed by atoms with Gasteiger partial charge >= 0.3 is 5.97 Å². The molecule has 0 aromatic heterocycles. The Balaban J connectivity index is 2.28. The number of carbonyl (C=O) groups excluding carboxylic acids is 1. The van der Waals surface area contributed by atoms with Crippen molar-refractivity contribution in [2.45, 2.75) is 64.9 Å². The molecule has 0 aliphatic rings. The monoisotopic (exact) mass is 362 g/mol. The van der Waals surface area contributed by atoms with E-state index in [1.165, 1.54) is 32.1 Å². The smallest absolute Gasteiger partial charge is 0.333 e. The molecule has 26 heavy (non-hydrogen) atoms. The molecule has 0 saturated heterocycles. The van der Waals surface area contributed by atoms with Gasteiger partial charge in [-0.15, -0.1) is 0 Å². The average molecular weight is 363 g/mol. The molecule has 146 valence electrons. The van der Waals surface area contributed by atoms with Crippen molar-refractivity contribution in [1.29, 1.82) is 0 Å². The number of rotatable bonds is 15. The van der Waals surface area contributed by atoms with Crippen LogP contribution in [0.15, 0.2) is 42.5 Å². The van der Waals surface area contributed by atoms with E-state index >= 15 is 0 Å². The number of hydrogen-bond acceptors (Lipinski definition) is 4. The fourth-order valence-corrected chi connectivity index (χ4v) is 2.55. The lowest BCUT2D eigenvalue weighted by atomic mass is 10.1. The summed E-state index contributed by atoms with van der Waals surface area (Å²) < 4.78 is 16.8. The van der Waals surface area contributed by atoms with Crippen LogP contribution in [0.3, 0.4) is 0 Å². The second-order valence-corrected chi connectivity index (χ2v) is 6.59. The van der Waals surface area contributed by atoms with Crippen LogP contribution in [0, 0.1) is 0 Å². The lowest BCUT2D eigenvalue weighted by molar-refractivity contribution is -0.143. The number of ether oxygens (including phenoxy) is 3. The van der Waals surface area contributed by atoms with Gasteiger partial charge in [0.05, 0.1) is 12.7 Å². The van der Waals surface area contributed by atoms with E-state index in [1.807, 2.05) is 30.3 Å². The lowest BCUT2D eigenvalue weighted by Crippen LogP contribution is -2.24. The van der Waals surface area contributed by atoms with Crippen molar-refractivity contribution >= 4 is 5.97 Å². The summed E-state index contributed by atoms with van der Waals surface area (Å²) in [4.78, 5) is 11.6. The zero-order chi connectivity index (χ0) is 19.0. The molecule has 0 aliphatic heterocycles. The van der Waals surface area contributed by atoms with Gasteiger partial charge in [-0.25, -0.2) is 4.79 Å². The molecule has 0 spiro atoms. The summed E-state index contributed by atoms with van der Waals surface area (Å²) in [5.41, 5.74) is 0.413. The Bertz CT molecular complexity index is 498. The second kappa shape index (κ2) is 14.4. The van der Waals surface area contributed by atoms with E-state index in [-0.39, 0.29) is 18.7 Å². The van der Waals surface area contributed by atoms with Crippen LogP contribution in [0.4, 0.5) is 0 Å². The van der Waals surface area contributed by atoms with Crippen LogP contribution < -0.4 is 4.74 Å². The van der Waals surface area contributed by atoms with Crippen molar-refractivity contribution in [3.05, 3.63) is 42.5 Å². The predicted molar refractivity (Wildman–Crippen MR) is 105 cm³/mol.